The summed E-state index contributed by atoms with van der Waals surface area (Å²) in [6.07, 6.45) is 1.28. The van der Waals surface area contributed by atoms with Crippen LogP contribution in [-0.4, -0.2) is 23.9 Å². The third-order valence-electron chi connectivity index (χ3n) is 4.86. The third kappa shape index (κ3) is 3.33. The van der Waals surface area contributed by atoms with Gasteiger partial charge in [0.2, 0.25) is 0 Å². The van der Waals surface area contributed by atoms with E-state index in [1.54, 1.807) is 0 Å². The van der Waals surface area contributed by atoms with Gasteiger partial charge in [-0.1, -0.05) is 0 Å². The van der Waals surface area contributed by atoms with E-state index in [2.05, 4.69) is 0 Å². The maximum Gasteiger partial charge on any atom is 0.300 e. The number of aliphatic hydroxyl groups excluding tert-OH is 1. The van der Waals surface area contributed by atoms with Crippen molar-refractivity contribution in [3.63, 3.8) is 0 Å². The Morgan fingerprint density at radius 2 is 1.84 bits per heavy atom. The summed E-state index contributed by atoms with van der Waals surface area (Å²) >= 11 is 0. The number of aliphatic hydroxyl groups is 1. The van der Waals surface area contributed by atoms with Gasteiger partial charge in [-0.3, -0.25) is 14.5 Å². The van der Waals surface area contributed by atoms with E-state index in [1.807, 2.05) is 0 Å². The van der Waals surface area contributed by atoms with Crippen molar-refractivity contribution in [2.75, 3.05) is 12.0 Å². The maximum atomic E-state index is 13.9. The van der Waals surface area contributed by atoms with Crippen LogP contribution in [0.5, 0.6) is 5.75 Å². The molecule has 3 aromatic rings. The standard InChI is InChI=1S/C22H14F3NO5/c1-30-16-7-4-11(23)9-13(16)20(27)18-19(17-3-2-8-31-17)26(22(29)21(18)28)12-5-6-14(24)15(25)10-12/h2-10,19,27H,1H3/b20-18-. The molecule has 2 heterocycles. The number of methoxy groups -OCH3 is 1. The van der Waals surface area contributed by atoms with E-state index >= 15 is 0 Å². The Bertz CT molecular complexity index is 1220. The van der Waals surface area contributed by atoms with Gasteiger partial charge in [-0.25, -0.2) is 13.2 Å². The van der Waals surface area contributed by atoms with Gasteiger partial charge in [0.25, 0.3) is 11.7 Å². The third-order valence-corrected chi connectivity index (χ3v) is 4.86. The molecule has 1 fully saturated rings. The molecule has 0 spiro atoms. The molecule has 1 amide bonds. The van der Waals surface area contributed by atoms with Crippen LogP contribution in [0.1, 0.15) is 17.4 Å². The highest BCUT2D eigenvalue weighted by Gasteiger charge is 2.48. The second-order valence-electron chi connectivity index (χ2n) is 6.63. The number of carbonyl (C=O) groups excluding carboxylic acids is 2. The number of carbonyl (C=O) groups is 2. The van der Waals surface area contributed by atoms with Crippen LogP contribution in [0.4, 0.5) is 18.9 Å². The zero-order valence-corrected chi connectivity index (χ0v) is 15.9. The molecule has 1 atom stereocenters. The number of ether oxygens (including phenoxy) is 1. The van der Waals surface area contributed by atoms with Gasteiger partial charge >= 0.3 is 0 Å². The Morgan fingerprint density at radius 3 is 2.48 bits per heavy atom. The van der Waals surface area contributed by atoms with E-state index in [1.165, 1.54) is 31.6 Å². The van der Waals surface area contributed by atoms with Crippen LogP contribution in [0.25, 0.3) is 5.76 Å². The van der Waals surface area contributed by atoms with Gasteiger partial charge in [0, 0.05) is 11.8 Å². The highest BCUT2D eigenvalue weighted by molar-refractivity contribution is 6.51. The summed E-state index contributed by atoms with van der Waals surface area (Å²) in [7, 11) is 1.29. The molecule has 2 aromatic carbocycles. The second kappa shape index (κ2) is 7.67. The lowest BCUT2D eigenvalue weighted by atomic mass is 9.98. The molecular weight excluding hydrogens is 415 g/mol. The van der Waals surface area contributed by atoms with Crippen molar-refractivity contribution >= 4 is 23.1 Å². The fourth-order valence-electron chi connectivity index (χ4n) is 3.46. The number of halogens is 3. The molecule has 1 aliphatic rings. The number of anilines is 1. The first-order valence-corrected chi connectivity index (χ1v) is 8.97. The Morgan fingerprint density at radius 1 is 1.06 bits per heavy atom. The average Bonchev–Trinajstić information content (AvgIpc) is 3.37. The highest BCUT2D eigenvalue weighted by Crippen LogP contribution is 2.43. The van der Waals surface area contributed by atoms with Gasteiger partial charge in [0.1, 0.15) is 29.1 Å². The zero-order chi connectivity index (χ0) is 22.3. The molecule has 31 heavy (non-hydrogen) atoms. The normalized spacial score (nSPS) is 17.9. The number of Topliss-reactive ketones (excluding diaryl/α,β-unsaturated/α-hetero) is 1. The minimum Gasteiger partial charge on any atom is -0.507 e. The number of benzene rings is 2. The van der Waals surface area contributed by atoms with Crippen LogP contribution in [0.15, 0.2) is 64.8 Å². The van der Waals surface area contributed by atoms with E-state index in [0.29, 0.717) is 0 Å². The van der Waals surface area contributed by atoms with Crippen LogP contribution in [0.2, 0.25) is 0 Å². The molecule has 1 aromatic heterocycles. The summed E-state index contributed by atoms with van der Waals surface area (Å²) in [6, 6.07) is 7.58. The molecule has 1 unspecified atom stereocenters. The molecule has 0 bridgehead atoms. The van der Waals surface area contributed by atoms with E-state index in [0.717, 1.165) is 35.2 Å². The van der Waals surface area contributed by atoms with Crippen molar-refractivity contribution in [1.29, 1.82) is 0 Å². The lowest BCUT2D eigenvalue weighted by molar-refractivity contribution is -0.132. The van der Waals surface area contributed by atoms with Crippen LogP contribution < -0.4 is 9.64 Å². The summed E-state index contributed by atoms with van der Waals surface area (Å²) in [4.78, 5) is 26.6. The summed E-state index contributed by atoms with van der Waals surface area (Å²) in [5, 5.41) is 10.9. The molecule has 6 nitrogen and oxygen atoms in total. The Hall–Kier alpha value is -4.01. The number of hydrogen-bond acceptors (Lipinski definition) is 5. The highest BCUT2D eigenvalue weighted by atomic mass is 19.2. The van der Waals surface area contributed by atoms with Gasteiger partial charge in [-0.15, -0.1) is 0 Å². The fourth-order valence-corrected chi connectivity index (χ4v) is 3.46. The number of rotatable bonds is 4. The van der Waals surface area contributed by atoms with Crippen LogP contribution in [0.3, 0.4) is 0 Å². The van der Waals surface area contributed by atoms with E-state index in [4.69, 9.17) is 9.15 Å². The van der Waals surface area contributed by atoms with Crippen molar-refractivity contribution in [2.24, 2.45) is 0 Å². The lowest BCUT2D eigenvalue weighted by Gasteiger charge is -2.23. The summed E-state index contributed by atoms with van der Waals surface area (Å²) in [5.74, 6) is -5.90. The lowest BCUT2D eigenvalue weighted by Crippen LogP contribution is -2.29. The van der Waals surface area contributed by atoms with Crippen molar-refractivity contribution in [2.45, 2.75) is 6.04 Å². The molecule has 9 heteroatoms. The van der Waals surface area contributed by atoms with Crippen molar-refractivity contribution < 1.29 is 37.0 Å². The molecule has 158 valence electrons. The van der Waals surface area contributed by atoms with Crippen LogP contribution in [0, 0.1) is 17.5 Å². The van der Waals surface area contributed by atoms with E-state index in [-0.39, 0.29) is 22.8 Å². The average molecular weight is 429 g/mol. The first kappa shape index (κ1) is 20.3. The van der Waals surface area contributed by atoms with Gasteiger partial charge in [0.05, 0.1) is 24.5 Å². The topological polar surface area (TPSA) is 80.0 Å². The van der Waals surface area contributed by atoms with Crippen molar-refractivity contribution in [3.8, 4) is 5.75 Å². The summed E-state index contributed by atoms with van der Waals surface area (Å²) in [6.45, 7) is 0. The molecule has 1 saturated heterocycles. The number of amides is 1. The predicted octanol–water partition coefficient (Wildman–Crippen LogP) is 4.33. The predicted molar refractivity (Wildman–Crippen MR) is 103 cm³/mol. The van der Waals surface area contributed by atoms with Gasteiger partial charge < -0.3 is 14.3 Å². The summed E-state index contributed by atoms with van der Waals surface area (Å²) < 4.78 is 51.6. The molecule has 0 radical (unpaired) electrons. The Balaban J connectivity index is 1.97. The van der Waals surface area contributed by atoms with Gasteiger partial charge in [-0.2, -0.15) is 0 Å². The molecule has 0 saturated carbocycles. The fraction of sp³-hybridized carbons (Fsp3) is 0.0909. The molecule has 0 aliphatic carbocycles. The molecular formula is C22H14F3NO5. The SMILES string of the molecule is COc1ccc(F)cc1/C(O)=C1/C(=O)C(=O)N(c2ccc(F)c(F)c2)C1c1ccco1. The minimum absolute atomic E-state index is 0.0520. The monoisotopic (exact) mass is 429 g/mol. The van der Waals surface area contributed by atoms with Crippen LogP contribution >= 0.6 is 0 Å². The molecule has 1 aliphatic heterocycles. The first-order valence-electron chi connectivity index (χ1n) is 8.97. The minimum atomic E-state index is -1.31. The number of furan rings is 1. The largest absolute Gasteiger partial charge is 0.507 e. The first-order chi connectivity index (χ1) is 14.8. The second-order valence-corrected chi connectivity index (χ2v) is 6.63. The van der Waals surface area contributed by atoms with Gasteiger partial charge in [-0.05, 0) is 42.5 Å². The van der Waals surface area contributed by atoms with Crippen molar-refractivity contribution in [1.82, 2.24) is 0 Å². The van der Waals surface area contributed by atoms with Crippen LogP contribution in [-0.2, 0) is 9.59 Å². The number of ketones is 1. The maximum absolute atomic E-state index is 13.9. The smallest absolute Gasteiger partial charge is 0.300 e. The Kier molecular flexibility index (Phi) is 5.02. The number of nitrogens with zero attached hydrogens (tertiary/aromatic N) is 1. The Labute approximate surface area is 173 Å². The van der Waals surface area contributed by atoms with E-state index in [9.17, 15) is 27.9 Å². The summed E-state index contributed by atoms with van der Waals surface area (Å²) in [5.41, 5.74) is -0.719. The zero-order valence-electron chi connectivity index (χ0n) is 15.9. The van der Waals surface area contributed by atoms with Crippen molar-refractivity contribution in [3.05, 3.63) is 89.1 Å². The van der Waals surface area contributed by atoms with Gasteiger partial charge in [0.15, 0.2) is 11.6 Å². The molecule has 1 N–H and O–H groups in total. The van der Waals surface area contributed by atoms with E-state index < -0.39 is 46.5 Å². The molecule has 4 rings (SSSR count). The quantitative estimate of drug-likeness (QED) is 0.379. The number of hydrogen-bond donors (Lipinski definition) is 1.